The van der Waals surface area contributed by atoms with Crippen LogP contribution in [0.1, 0.15) is 12.5 Å². The summed E-state index contributed by atoms with van der Waals surface area (Å²) in [6.07, 6.45) is 0.189. The van der Waals surface area contributed by atoms with Gasteiger partial charge in [0.2, 0.25) is 0 Å². The minimum absolute atomic E-state index is 0.189. The average molecular weight is 242 g/mol. The number of hydrogen-bond acceptors (Lipinski definition) is 4. The zero-order valence-corrected chi connectivity index (χ0v) is 9.58. The highest BCUT2D eigenvalue weighted by Crippen LogP contribution is 2.10. The summed E-state index contributed by atoms with van der Waals surface area (Å²) >= 11 is -2.33. The minimum atomic E-state index is -2.33. The molecule has 0 bridgehead atoms. The number of benzene rings is 1. The molecule has 1 atom stereocenters. The molecule has 16 heavy (non-hydrogen) atoms. The van der Waals surface area contributed by atoms with Crippen LogP contribution in [-0.4, -0.2) is 21.3 Å². The molecule has 0 aliphatic heterocycles. The zero-order valence-electron chi connectivity index (χ0n) is 8.76. The quantitative estimate of drug-likeness (QED) is 0.617. The highest BCUT2D eigenvalue weighted by atomic mass is 32.2. The fourth-order valence-electron chi connectivity index (χ4n) is 1.17. The zero-order chi connectivity index (χ0) is 12.0. The first-order valence-corrected chi connectivity index (χ1v) is 5.79. The van der Waals surface area contributed by atoms with Crippen molar-refractivity contribution in [2.45, 2.75) is 13.3 Å². The maximum absolute atomic E-state index is 11.1. The van der Waals surface area contributed by atoms with Crippen LogP contribution in [0.3, 0.4) is 0 Å². The van der Waals surface area contributed by atoms with Crippen LogP contribution in [0.25, 0.3) is 0 Å². The second-order valence-electron chi connectivity index (χ2n) is 3.02. The SMILES string of the molecule is CCOC(=O)Cc1ccc(NS(=O)[O-])cc1. The summed E-state index contributed by atoms with van der Waals surface area (Å²) in [5, 5.41) is 0. The molecule has 0 aliphatic rings. The Balaban J connectivity index is 2.57. The van der Waals surface area contributed by atoms with E-state index in [1.807, 2.05) is 0 Å². The van der Waals surface area contributed by atoms with Gasteiger partial charge in [0.05, 0.1) is 13.0 Å². The Bertz CT molecular complexity index is 377. The van der Waals surface area contributed by atoms with Crippen molar-refractivity contribution in [3.8, 4) is 0 Å². The fourth-order valence-corrected chi connectivity index (χ4v) is 1.49. The van der Waals surface area contributed by atoms with Gasteiger partial charge in [0.25, 0.3) is 0 Å². The number of carbonyl (C=O) groups is 1. The van der Waals surface area contributed by atoms with Gasteiger partial charge in [-0.1, -0.05) is 12.1 Å². The third-order valence-corrected chi connectivity index (χ3v) is 2.21. The number of ether oxygens (including phenoxy) is 1. The molecule has 0 saturated heterocycles. The maximum atomic E-state index is 11.1. The van der Waals surface area contributed by atoms with Crippen LogP contribution < -0.4 is 4.72 Å². The molecule has 1 N–H and O–H groups in total. The predicted octanol–water partition coefficient (Wildman–Crippen LogP) is 0.998. The van der Waals surface area contributed by atoms with Crippen molar-refractivity contribution in [1.29, 1.82) is 0 Å². The molecule has 0 radical (unpaired) electrons. The molecular weight excluding hydrogens is 230 g/mol. The molecule has 0 heterocycles. The first-order valence-electron chi connectivity index (χ1n) is 4.72. The lowest BCUT2D eigenvalue weighted by Crippen LogP contribution is -2.07. The third-order valence-electron chi connectivity index (χ3n) is 1.81. The van der Waals surface area contributed by atoms with Gasteiger partial charge < -0.3 is 14.0 Å². The second kappa shape index (κ2) is 6.24. The summed E-state index contributed by atoms with van der Waals surface area (Å²) in [6, 6.07) is 6.52. The fraction of sp³-hybridized carbons (Fsp3) is 0.300. The molecule has 1 aromatic rings. The van der Waals surface area contributed by atoms with E-state index in [-0.39, 0.29) is 12.4 Å². The molecule has 5 nitrogen and oxygen atoms in total. The number of hydrogen-bond donors (Lipinski definition) is 1. The smallest absolute Gasteiger partial charge is 0.310 e. The van der Waals surface area contributed by atoms with E-state index in [9.17, 15) is 13.6 Å². The van der Waals surface area contributed by atoms with E-state index in [4.69, 9.17) is 4.74 Å². The molecule has 0 fully saturated rings. The van der Waals surface area contributed by atoms with Crippen LogP contribution >= 0.6 is 0 Å². The monoisotopic (exact) mass is 242 g/mol. The van der Waals surface area contributed by atoms with Gasteiger partial charge in [-0.3, -0.25) is 9.00 Å². The van der Waals surface area contributed by atoms with E-state index >= 15 is 0 Å². The van der Waals surface area contributed by atoms with Crippen LogP contribution in [0, 0.1) is 0 Å². The van der Waals surface area contributed by atoms with Gasteiger partial charge in [-0.2, -0.15) is 0 Å². The summed E-state index contributed by atoms with van der Waals surface area (Å²) in [7, 11) is 0. The van der Waals surface area contributed by atoms with Crippen molar-refractivity contribution < 1.29 is 18.3 Å². The van der Waals surface area contributed by atoms with Crippen LogP contribution in [0.15, 0.2) is 24.3 Å². The summed E-state index contributed by atoms with van der Waals surface area (Å²) in [5.41, 5.74) is 1.24. The lowest BCUT2D eigenvalue weighted by molar-refractivity contribution is -0.142. The molecule has 1 unspecified atom stereocenters. The largest absolute Gasteiger partial charge is 0.755 e. The van der Waals surface area contributed by atoms with Crippen LogP contribution in [0.5, 0.6) is 0 Å². The summed E-state index contributed by atoms with van der Waals surface area (Å²) in [6.45, 7) is 2.10. The molecule has 0 aromatic heterocycles. The van der Waals surface area contributed by atoms with Crippen molar-refractivity contribution in [1.82, 2.24) is 0 Å². The summed E-state index contributed by atoms with van der Waals surface area (Å²) < 4.78 is 27.7. The van der Waals surface area contributed by atoms with Crippen molar-refractivity contribution in [3.63, 3.8) is 0 Å². The van der Waals surface area contributed by atoms with Crippen LogP contribution in [0.2, 0.25) is 0 Å². The first kappa shape index (κ1) is 12.7. The molecule has 6 heteroatoms. The molecule has 0 amide bonds. The highest BCUT2D eigenvalue weighted by Gasteiger charge is 2.03. The number of nitrogens with one attached hydrogen (secondary N) is 1. The normalized spacial score (nSPS) is 11.9. The van der Waals surface area contributed by atoms with Crippen LogP contribution in [-0.2, 0) is 27.2 Å². The molecule has 1 rings (SSSR count). The van der Waals surface area contributed by atoms with E-state index in [2.05, 4.69) is 4.72 Å². The predicted molar refractivity (Wildman–Crippen MR) is 59.3 cm³/mol. The van der Waals surface area contributed by atoms with Gasteiger partial charge in [0.15, 0.2) is 0 Å². The number of esters is 1. The molecular formula is C10H12NO4S-. The standard InChI is InChI=1S/C10H13NO4S/c1-2-15-10(12)7-8-3-5-9(6-4-8)11-16(13)14/h3-6,11H,2,7H2,1H3,(H,13,14)/p-1. The van der Waals surface area contributed by atoms with Gasteiger partial charge in [0.1, 0.15) is 0 Å². The highest BCUT2D eigenvalue weighted by molar-refractivity contribution is 7.80. The average Bonchev–Trinajstić information content (AvgIpc) is 2.20. The Morgan fingerprint density at radius 1 is 1.44 bits per heavy atom. The van der Waals surface area contributed by atoms with Gasteiger partial charge in [-0.25, -0.2) is 0 Å². The van der Waals surface area contributed by atoms with Crippen molar-refractivity contribution in [2.75, 3.05) is 11.3 Å². The van der Waals surface area contributed by atoms with Crippen molar-refractivity contribution in [2.24, 2.45) is 0 Å². The maximum Gasteiger partial charge on any atom is 0.310 e. The number of rotatable bonds is 5. The molecule has 1 aromatic carbocycles. The Morgan fingerprint density at radius 3 is 2.56 bits per heavy atom. The summed E-state index contributed by atoms with van der Waals surface area (Å²) in [5.74, 6) is -0.296. The number of carbonyl (C=O) groups excluding carboxylic acids is 1. The van der Waals surface area contributed by atoms with Crippen LogP contribution in [0.4, 0.5) is 5.69 Å². The Labute approximate surface area is 96.2 Å². The summed E-state index contributed by atoms with van der Waals surface area (Å²) in [4.78, 5) is 11.1. The first-order chi connectivity index (χ1) is 7.61. The molecule has 88 valence electrons. The third kappa shape index (κ3) is 4.41. The lowest BCUT2D eigenvalue weighted by Gasteiger charge is -2.08. The van der Waals surface area contributed by atoms with E-state index in [1.165, 1.54) is 0 Å². The topological polar surface area (TPSA) is 78.5 Å². The van der Waals surface area contributed by atoms with Crippen molar-refractivity contribution >= 4 is 22.9 Å². The van der Waals surface area contributed by atoms with Gasteiger partial charge >= 0.3 is 5.97 Å². The molecule has 0 saturated carbocycles. The number of anilines is 1. The van der Waals surface area contributed by atoms with Gasteiger partial charge in [-0.15, -0.1) is 0 Å². The van der Waals surface area contributed by atoms with E-state index < -0.39 is 11.3 Å². The lowest BCUT2D eigenvalue weighted by atomic mass is 10.1. The Hall–Kier alpha value is -1.40. The Morgan fingerprint density at radius 2 is 2.06 bits per heavy atom. The van der Waals surface area contributed by atoms with Crippen molar-refractivity contribution in [3.05, 3.63) is 29.8 Å². The minimum Gasteiger partial charge on any atom is -0.755 e. The molecule has 0 spiro atoms. The van der Waals surface area contributed by atoms with Gasteiger partial charge in [-0.05, 0) is 24.6 Å². The second-order valence-corrected chi connectivity index (χ2v) is 3.69. The van der Waals surface area contributed by atoms with Gasteiger partial charge in [0, 0.05) is 17.0 Å². The van der Waals surface area contributed by atoms with E-state index in [0.717, 1.165) is 5.56 Å². The Kier molecular flexibility index (Phi) is 4.94. The van der Waals surface area contributed by atoms with E-state index in [0.29, 0.717) is 12.3 Å². The molecule has 0 aliphatic carbocycles. The van der Waals surface area contributed by atoms with E-state index in [1.54, 1.807) is 31.2 Å².